The molecule has 0 bridgehead atoms. The summed E-state index contributed by atoms with van der Waals surface area (Å²) >= 11 is 0. The van der Waals surface area contributed by atoms with Crippen LogP contribution in [-0.4, -0.2) is 67.9 Å². The monoisotopic (exact) mass is 908 g/mol. The minimum atomic E-state index is -1.12. The Balaban J connectivity index is 0.000000170. The lowest BCUT2D eigenvalue weighted by atomic mass is 9.88. The Labute approximate surface area is 387 Å². The van der Waals surface area contributed by atoms with E-state index in [2.05, 4.69) is 10.6 Å². The van der Waals surface area contributed by atoms with Crippen molar-refractivity contribution >= 4 is 89.7 Å². The predicted octanol–water partition coefficient (Wildman–Crippen LogP) is 7.98. The number of ketones is 2. The fraction of sp³-hybridized carbons (Fsp3) is 0.148. The second-order valence-corrected chi connectivity index (χ2v) is 16.6. The van der Waals surface area contributed by atoms with Gasteiger partial charge in [0.15, 0.2) is 13.2 Å². The van der Waals surface area contributed by atoms with Gasteiger partial charge < -0.3 is 40.3 Å². The number of aryl methyl sites for hydroxylation is 1. The van der Waals surface area contributed by atoms with Crippen LogP contribution in [0.3, 0.4) is 0 Å². The molecule has 0 unspecified atom stereocenters. The number of aliphatic carboxylic acids is 2. The summed E-state index contributed by atoms with van der Waals surface area (Å²) in [5.41, 5.74) is 18.3. The third-order valence-corrected chi connectivity index (χ3v) is 12.3. The predicted molar refractivity (Wildman–Crippen MR) is 257 cm³/mol. The van der Waals surface area contributed by atoms with Crippen LogP contribution in [0.15, 0.2) is 133 Å². The Morgan fingerprint density at radius 3 is 1.50 bits per heavy atom. The molecule has 0 aliphatic heterocycles. The van der Waals surface area contributed by atoms with E-state index >= 15 is 0 Å². The lowest BCUT2D eigenvalue weighted by Gasteiger charge is -2.21. The molecule has 0 radical (unpaired) electrons. The zero-order valence-corrected chi connectivity index (χ0v) is 36.6. The fourth-order valence-corrected chi connectivity index (χ4v) is 9.47. The maximum atomic E-state index is 12.8. The number of primary amides is 2. The molecule has 7 aromatic carbocycles. The molecular weight excluding hydrogens is 865 g/mol. The molecule has 68 heavy (non-hydrogen) atoms. The minimum Gasteiger partial charge on any atom is -0.481 e. The summed E-state index contributed by atoms with van der Waals surface area (Å²) in [5.74, 6) is -5.08. The maximum absolute atomic E-state index is 12.8. The molecule has 6 N–H and O–H groups in total. The molecule has 0 atom stereocenters. The first-order valence-corrected chi connectivity index (χ1v) is 21.9. The molecule has 2 amide bonds. The number of Topliss-reactive ketones (excluding diaryl/α,β-unsaturated/α-hetero) is 2. The van der Waals surface area contributed by atoms with Crippen LogP contribution in [0, 0.1) is 0 Å². The van der Waals surface area contributed by atoms with Gasteiger partial charge in [-0.2, -0.15) is 0 Å². The number of carbonyl (C=O) groups is 6. The number of nitrogens with zero attached hydrogens (tertiary/aromatic N) is 2. The van der Waals surface area contributed by atoms with Crippen LogP contribution in [-0.2, 0) is 45.1 Å². The Bertz CT molecular complexity index is 3520. The smallest absolute Gasteiger partial charge is 0.341 e. The number of benzene rings is 7. The molecule has 1 aliphatic rings. The van der Waals surface area contributed by atoms with Crippen molar-refractivity contribution in [3.8, 4) is 11.5 Å². The SMILES string of the molecule is NC(=O)C(=O)c1cccc2c1c1c(OCC(=O)O)c3c(cc1n2Cc1ccccc1)CCCC3.NC(=O)C(=O)c1cccc2c1c1c(OCC(=O)O)c3ccccc3cc1n2Cc1ccccc1. The second kappa shape index (κ2) is 18.6. The summed E-state index contributed by atoms with van der Waals surface area (Å²) in [6.07, 6.45) is 3.64. The van der Waals surface area contributed by atoms with Crippen molar-refractivity contribution in [2.45, 2.75) is 38.8 Å². The van der Waals surface area contributed by atoms with Crippen LogP contribution >= 0.6 is 0 Å². The lowest BCUT2D eigenvalue weighted by Crippen LogP contribution is -2.23. The summed E-state index contributed by atoms with van der Waals surface area (Å²) in [6.45, 7) is -0.0266. The van der Waals surface area contributed by atoms with Crippen molar-refractivity contribution < 1.29 is 48.5 Å². The zero-order chi connectivity index (χ0) is 47.6. The second-order valence-electron chi connectivity index (χ2n) is 16.6. The van der Waals surface area contributed by atoms with Crippen molar-refractivity contribution in [1.82, 2.24) is 9.13 Å². The summed E-state index contributed by atoms with van der Waals surface area (Å²) in [7, 11) is 0. The van der Waals surface area contributed by atoms with Gasteiger partial charge in [0.1, 0.15) is 11.5 Å². The summed E-state index contributed by atoms with van der Waals surface area (Å²) in [5, 5.41) is 22.5. The van der Waals surface area contributed by atoms with Crippen LogP contribution < -0.4 is 20.9 Å². The Morgan fingerprint density at radius 2 is 0.971 bits per heavy atom. The molecule has 10 rings (SSSR count). The van der Waals surface area contributed by atoms with Gasteiger partial charge in [0.2, 0.25) is 0 Å². The molecule has 2 aromatic heterocycles. The number of fused-ring (bicyclic) bond motifs is 8. The molecule has 2 heterocycles. The normalized spacial score (nSPS) is 12.1. The Hall–Kier alpha value is -8.78. The first kappa shape index (κ1) is 44.4. The van der Waals surface area contributed by atoms with E-state index in [0.717, 1.165) is 69.9 Å². The van der Waals surface area contributed by atoms with Crippen molar-refractivity contribution in [1.29, 1.82) is 0 Å². The van der Waals surface area contributed by atoms with E-state index in [4.69, 9.17) is 20.9 Å². The summed E-state index contributed by atoms with van der Waals surface area (Å²) in [6, 6.07) is 41.7. The van der Waals surface area contributed by atoms with Gasteiger partial charge in [0.05, 0.1) is 32.8 Å². The van der Waals surface area contributed by atoms with Crippen LogP contribution in [0.25, 0.3) is 54.4 Å². The number of rotatable bonds is 14. The molecule has 0 fully saturated rings. The van der Waals surface area contributed by atoms with Crippen LogP contribution in [0.4, 0.5) is 0 Å². The van der Waals surface area contributed by atoms with E-state index < -0.39 is 48.5 Å². The highest BCUT2D eigenvalue weighted by Gasteiger charge is 2.28. The van der Waals surface area contributed by atoms with Crippen LogP contribution in [0.5, 0.6) is 11.5 Å². The molecule has 0 saturated carbocycles. The fourth-order valence-electron chi connectivity index (χ4n) is 9.47. The number of carboxylic acids is 2. The van der Waals surface area contributed by atoms with E-state index in [1.165, 1.54) is 0 Å². The number of carboxylic acid groups (broad SMARTS) is 2. The average Bonchev–Trinajstić information content (AvgIpc) is 3.83. The first-order chi connectivity index (χ1) is 32.9. The van der Waals surface area contributed by atoms with Gasteiger partial charge >= 0.3 is 11.9 Å². The van der Waals surface area contributed by atoms with E-state index in [-0.39, 0.29) is 11.1 Å². The Kier molecular flexibility index (Phi) is 12.2. The van der Waals surface area contributed by atoms with Gasteiger partial charge in [-0.3, -0.25) is 19.2 Å². The quantitative estimate of drug-likeness (QED) is 0.0608. The largest absolute Gasteiger partial charge is 0.481 e. The van der Waals surface area contributed by atoms with E-state index in [0.29, 0.717) is 57.0 Å². The lowest BCUT2D eigenvalue weighted by molar-refractivity contribution is -0.140. The molecule has 14 nitrogen and oxygen atoms in total. The topological polar surface area (TPSA) is 223 Å². The molecular formula is C54H44N4O10. The minimum absolute atomic E-state index is 0.150. The van der Waals surface area contributed by atoms with Crippen molar-refractivity contribution in [3.05, 3.63) is 167 Å². The highest BCUT2D eigenvalue weighted by atomic mass is 16.5. The van der Waals surface area contributed by atoms with E-state index in [9.17, 15) is 39.0 Å². The molecule has 340 valence electrons. The number of hydrogen-bond donors (Lipinski definition) is 4. The van der Waals surface area contributed by atoms with Crippen molar-refractivity contribution in [2.75, 3.05) is 13.2 Å². The zero-order valence-electron chi connectivity index (χ0n) is 36.6. The molecule has 9 aromatic rings. The molecule has 1 aliphatic carbocycles. The standard InChI is InChI=1S/C27H24N2O5.C27H20N2O5/c2*28-27(33)25(32)19-11-6-12-20-23(19)24-21(29(20)14-16-7-2-1-3-8-16)13-17-9-4-5-10-18(17)26(24)34-15-22(30)31/h1-3,6-8,11-13H,4-5,9-10,14-15H2,(H2,28,33)(H,30,31);1-13H,14-15H2,(H2,28,33)(H,30,31). The highest BCUT2D eigenvalue weighted by molar-refractivity contribution is 6.46. The highest BCUT2D eigenvalue weighted by Crippen LogP contribution is 2.45. The molecule has 0 saturated heterocycles. The first-order valence-electron chi connectivity index (χ1n) is 21.9. The number of ether oxygens (including phenoxy) is 2. The van der Waals surface area contributed by atoms with Crippen LogP contribution in [0.2, 0.25) is 0 Å². The number of amides is 2. The van der Waals surface area contributed by atoms with Gasteiger partial charge in [-0.25, -0.2) is 9.59 Å². The summed E-state index contributed by atoms with van der Waals surface area (Å²) < 4.78 is 15.9. The third kappa shape index (κ3) is 8.34. The van der Waals surface area contributed by atoms with Gasteiger partial charge in [-0.05, 0) is 77.6 Å². The van der Waals surface area contributed by atoms with Crippen molar-refractivity contribution in [2.24, 2.45) is 11.5 Å². The van der Waals surface area contributed by atoms with Crippen LogP contribution in [0.1, 0.15) is 55.8 Å². The number of hydrogen-bond acceptors (Lipinski definition) is 8. The van der Waals surface area contributed by atoms with E-state index in [1.54, 1.807) is 24.3 Å². The van der Waals surface area contributed by atoms with Crippen molar-refractivity contribution in [3.63, 3.8) is 0 Å². The number of nitrogens with two attached hydrogens (primary N) is 2. The molecule has 0 spiro atoms. The number of carbonyl (C=O) groups excluding carboxylic acids is 4. The maximum Gasteiger partial charge on any atom is 0.341 e. The third-order valence-electron chi connectivity index (χ3n) is 12.3. The summed E-state index contributed by atoms with van der Waals surface area (Å²) in [4.78, 5) is 72.1. The van der Waals surface area contributed by atoms with Gasteiger partial charge in [0.25, 0.3) is 23.4 Å². The van der Waals surface area contributed by atoms with E-state index in [1.807, 2.05) is 108 Å². The number of aromatic nitrogens is 2. The Morgan fingerprint density at radius 1 is 0.500 bits per heavy atom. The van der Waals surface area contributed by atoms with Gasteiger partial charge in [0, 0.05) is 40.4 Å². The van der Waals surface area contributed by atoms with Gasteiger partial charge in [-0.15, -0.1) is 0 Å². The average molecular weight is 909 g/mol. The molecule has 14 heteroatoms. The van der Waals surface area contributed by atoms with Gasteiger partial charge in [-0.1, -0.05) is 109 Å².